The summed E-state index contributed by atoms with van der Waals surface area (Å²) in [5.41, 5.74) is -0.145. The lowest BCUT2D eigenvalue weighted by Gasteiger charge is -2.14. The van der Waals surface area contributed by atoms with Gasteiger partial charge in [0.15, 0.2) is 16.6 Å². The molecule has 0 spiro atoms. The fourth-order valence-corrected chi connectivity index (χ4v) is 2.58. The van der Waals surface area contributed by atoms with Crippen molar-refractivity contribution in [1.82, 2.24) is 4.98 Å². The van der Waals surface area contributed by atoms with Crippen LogP contribution in [0.25, 0.3) is 0 Å². The van der Waals surface area contributed by atoms with Gasteiger partial charge in [0.2, 0.25) is 0 Å². The van der Waals surface area contributed by atoms with Gasteiger partial charge in [-0.25, -0.2) is 9.78 Å². The number of carboxylic acid groups (broad SMARTS) is 1. The van der Waals surface area contributed by atoms with Gasteiger partial charge >= 0.3 is 5.97 Å². The number of carbonyl (C=O) groups excluding carboxylic acids is 1. The first kappa shape index (κ1) is 14.0. The largest absolute Gasteiger partial charge is 0.476 e. The summed E-state index contributed by atoms with van der Waals surface area (Å²) in [5, 5.41) is 9.53. The molecule has 7 heteroatoms. The van der Waals surface area contributed by atoms with E-state index in [9.17, 15) is 9.59 Å². The number of thiazole rings is 1. The van der Waals surface area contributed by atoms with Crippen LogP contribution in [0.1, 0.15) is 27.1 Å². The molecule has 17 heavy (non-hydrogen) atoms. The maximum absolute atomic E-state index is 11.3. The van der Waals surface area contributed by atoms with Crippen LogP contribution in [0.15, 0.2) is 0 Å². The number of ketones is 1. The predicted molar refractivity (Wildman–Crippen MR) is 70.7 cm³/mol. The summed E-state index contributed by atoms with van der Waals surface area (Å²) in [6, 6.07) is 0. The maximum Gasteiger partial charge on any atom is 0.356 e. The number of carbonyl (C=O) groups is 2. The van der Waals surface area contributed by atoms with Crippen molar-refractivity contribution in [3.63, 3.8) is 0 Å². The Labute approximate surface area is 108 Å². The molecule has 1 heterocycles. The molecule has 0 atom stereocenters. The first-order valence-electron chi connectivity index (χ1n) is 4.92. The molecule has 0 saturated heterocycles. The zero-order chi connectivity index (χ0) is 13.0. The van der Waals surface area contributed by atoms with Gasteiger partial charge in [-0.2, -0.15) is 11.8 Å². The minimum atomic E-state index is -1.16. The average molecular weight is 274 g/mol. The molecule has 0 aliphatic carbocycles. The molecular weight excluding hydrogens is 260 g/mol. The average Bonchev–Trinajstić information content (AvgIpc) is 2.70. The number of hydrogen-bond acceptors (Lipinski definition) is 6. The molecule has 1 rings (SSSR count). The Morgan fingerprint density at radius 2 is 2.18 bits per heavy atom. The summed E-state index contributed by atoms with van der Waals surface area (Å²) < 4.78 is 0. The van der Waals surface area contributed by atoms with E-state index >= 15 is 0 Å². The van der Waals surface area contributed by atoms with Crippen LogP contribution in [-0.2, 0) is 0 Å². The Balaban J connectivity index is 2.99. The second-order valence-corrected chi connectivity index (χ2v) is 5.41. The molecule has 0 aliphatic rings. The van der Waals surface area contributed by atoms with Crippen LogP contribution in [0, 0.1) is 0 Å². The summed E-state index contributed by atoms with van der Waals surface area (Å²) >= 11 is 2.83. The van der Waals surface area contributed by atoms with Gasteiger partial charge in [-0.3, -0.25) is 4.79 Å². The van der Waals surface area contributed by atoms with Gasteiger partial charge in [0.25, 0.3) is 0 Å². The number of Topliss-reactive ketones (excluding diaryl/α,β-unsaturated/α-hetero) is 1. The number of thioether (sulfide) groups is 1. The second-order valence-electron chi connectivity index (χ2n) is 3.45. The van der Waals surface area contributed by atoms with E-state index in [0.717, 1.165) is 23.6 Å². The van der Waals surface area contributed by atoms with E-state index in [1.54, 1.807) is 11.8 Å². The summed E-state index contributed by atoms with van der Waals surface area (Å²) in [6.45, 7) is 2.12. The monoisotopic (exact) mass is 274 g/mol. The Morgan fingerprint density at radius 1 is 1.53 bits per heavy atom. The summed E-state index contributed by atoms with van der Waals surface area (Å²) in [7, 11) is 1.84. The quantitative estimate of drug-likeness (QED) is 0.798. The number of aromatic carboxylic acids is 1. The highest BCUT2D eigenvalue weighted by Gasteiger charge is 2.21. The van der Waals surface area contributed by atoms with Gasteiger partial charge in [0.05, 0.1) is 0 Å². The van der Waals surface area contributed by atoms with Crippen molar-refractivity contribution in [2.24, 2.45) is 0 Å². The van der Waals surface area contributed by atoms with Crippen LogP contribution in [-0.4, -0.2) is 47.4 Å². The molecular formula is C10H14N2O3S2. The molecule has 0 bridgehead atoms. The van der Waals surface area contributed by atoms with Crippen molar-refractivity contribution in [3.8, 4) is 0 Å². The number of hydrogen-bond donors (Lipinski definition) is 1. The van der Waals surface area contributed by atoms with Crippen molar-refractivity contribution in [2.45, 2.75) is 6.92 Å². The van der Waals surface area contributed by atoms with Crippen LogP contribution in [0.4, 0.5) is 5.13 Å². The highest BCUT2D eigenvalue weighted by Crippen LogP contribution is 2.26. The zero-order valence-corrected chi connectivity index (χ0v) is 11.5. The smallest absolute Gasteiger partial charge is 0.356 e. The lowest BCUT2D eigenvalue weighted by atomic mass is 10.3. The Morgan fingerprint density at radius 3 is 2.59 bits per heavy atom. The third kappa shape index (κ3) is 3.44. The standard InChI is InChI=1S/C10H14N2O3S2/c1-6(13)8-7(9(14)15)11-10(17-8)12(2)4-5-16-3/h4-5H2,1-3H3,(H,14,15). The molecule has 0 aromatic carbocycles. The normalized spacial score (nSPS) is 10.3. The van der Waals surface area contributed by atoms with Gasteiger partial charge in [0.1, 0.15) is 4.88 Å². The molecule has 5 nitrogen and oxygen atoms in total. The first-order chi connectivity index (χ1) is 7.97. The number of aromatic nitrogens is 1. The minimum absolute atomic E-state index is 0.145. The number of nitrogens with zero attached hydrogens (tertiary/aromatic N) is 2. The van der Waals surface area contributed by atoms with E-state index in [1.807, 2.05) is 18.2 Å². The molecule has 0 radical (unpaired) electrons. The fourth-order valence-electron chi connectivity index (χ4n) is 1.18. The van der Waals surface area contributed by atoms with E-state index in [2.05, 4.69) is 4.98 Å². The summed E-state index contributed by atoms with van der Waals surface area (Å²) in [5.74, 6) is -0.492. The molecule has 0 amide bonds. The Kier molecular flexibility index (Phi) is 4.95. The first-order valence-corrected chi connectivity index (χ1v) is 7.13. The van der Waals surface area contributed by atoms with E-state index < -0.39 is 5.97 Å². The number of rotatable bonds is 6. The van der Waals surface area contributed by atoms with Crippen LogP contribution in [0.2, 0.25) is 0 Å². The van der Waals surface area contributed by atoms with Gasteiger partial charge in [-0.15, -0.1) is 0 Å². The number of carboxylic acids is 1. The molecule has 1 aromatic heterocycles. The second kappa shape index (κ2) is 6.02. The number of anilines is 1. The summed E-state index contributed by atoms with van der Waals surface area (Å²) in [6.07, 6.45) is 2.00. The predicted octanol–water partition coefficient (Wildman–Crippen LogP) is 1.84. The van der Waals surface area contributed by atoms with Crippen LogP contribution >= 0.6 is 23.1 Å². The van der Waals surface area contributed by atoms with Crippen molar-refractivity contribution in [2.75, 3.05) is 30.5 Å². The van der Waals surface area contributed by atoms with E-state index in [-0.39, 0.29) is 16.4 Å². The molecule has 1 N–H and O–H groups in total. The summed E-state index contributed by atoms with van der Waals surface area (Å²) in [4.78, 5) is 28.3. The molecule has 0 saturated carbocycles. The van der Waals surface area contributed by atoms with Gasteiger partial charge in [-0.1, -0.05) is 11.3 Å². The van der Waals surface area contributed by atoms with Gasteiger partial charge in [-0.05, 0) is 6.26 Å². The maximum atomic E-state index is 11.3. The van der Waals surface area contributed by atoms with E-state index in [1.165, 1.54) is 6.92 Å². The minimum Gasteiger partial charge on any atom is -0.476 e. The van der Waals surface area contributed by atoms with Crippen molar-refractivity contribution >= 4 is 40.0 Å². The van der Waals surface area contributed by atoms with Crippen LogP contribution < -0.4 is 4.90 Å². The lowest BCUT2D eigenvalue weighted by Crippen LogP contribution is -2.20. The highest BCUT2D eigenvalue weighted by molar-refractivity contribution is 7.98. The molecule has 0 fully saturated rings. The highest BCUT2D eigenvalue weighted by atomic mass is 32.2. The van der Waals surface area contributed by atoms with Crippen molar-refractivity contribution in [1.29, 1.82) is 0 Å². The van der Waals surface area contributed by atoms with E-state index in [4.69, 9.17) is 5.11 Å². The third-order valence-electron chi connectivity index (χ3n) is 2.10. The van der Waals surface area contributed by atoms with Gasteiger partial charge < -0.3 is 10.0 Å². The van der Waals surface area contributed by atoms with E-state index in [0.29, 0.717) is 5.13 Å². The van der Waals surface area contributed by atoms with Crippen LogP contribution in [0.5, 0.6) is 0 Å². The van der Waals surface area contributed by atoms with Gasteiger partial charge in [0, 0.05) is 26.3 Å². The fraction of sp³-hybridized carbons (Fsp3) is 0.500. The van der Waals surface area contributed by atoms with Crippen molar-refractivity contribution < 1.29 is 14.7 Å². The van der Waals surface area contributed by atoms with Crippen LogP contribution in [0.3, 0.4) is 0 Å². The Hall–Kier alpha value is -1.08. The molecule has 0 unspecified atom stereocenters. The molecule has 1 aromatic rings. The zero-order valence-electron chi connectivity index (χ0n) is 9.89. The third-order valence-corrected chi connectivity index (χ3v) is 3.96. The SMILES string of the molecule is CSCCN(C)c1nc(C(=O)O)c(C(C)=O)s1. The van der Waals surface area contributed by atoms with Crippen molar-refractivity contribution in [3.05, 3.63) is 10.6 Å². The Bertz CT molecular complexity index is 400. The molecule has 94 valence electrons. The topological polar surface area (TPSA) is 70.5 Å². The lowest BCUT2D eigenvalue weighted by molar-refractivity contribution is 0.0687. The molecule has 0 aliphatic heterocycles.